The average Bonchev–Trinajstić information content (AvgIpc) is 3.01. The third-order valence-corrected chi connectivity index (χ3v) is 4.30. The number of carboxylic acids is 1. The topological polar surface area (TPSA) is 90.2 Å². The second-order valence-corrected chi connectivity index (χ2v) is 6.16. The minimum atomic E-state index is -1.23. The van der Waals surface area contributed by atoms with Crippen LogP contribution in [0, 0.1) is 0 Å². The van der Waals surface area contributed by atoms with Crippen molar-refractivity contribution >= 4 is 29.2 Å². The van der Waals surface area contributed by atoms with E-state index in [0.29, 0.717) is 22.7 Å². The molecule has 7 heteroatoms. The number of carbonyl (C=O) groups is 2. The molecule has 0 saturated heterocycles. The number of amides is 1. The predicted molar refractivity (Wildman–Crippen MR) is 92.9 cm³/mol. The molecule has 0 spiro atoms. The average molecular weight is 359 g/mol. The van der Waals surface area contributed by atoms with E-state index in [-0.39, 0.29) is 17.2 Å². The van der Waals surface area contributed by atoms with E-state index in [1.165, 1.54) is 24.1 Å². The number of benzene rings is 2. The molecule has 2 aromatic rings. The fourth-order valence-electron chi connectivity index (χ4n) is 2.81. The van der Waals surface area contributed by atoms with Gasteiger partial charge in [-0.05, 0) is 35.4 Å². The molecule has 1 aliphatic heterocycles. The van der Waals surface area contributed by atoms with Crippen molar-refractivity contribution in [2.45, 2.75) is 19.4 Å². The van der Waals surface area contributed by atoms with Gasteiger partial charge in [0.1, 0.15) is 11.3 Å². The van der Waals surface area contributed by atoms with Crippen LogP contribution < -0.4 is 0 Å². The zero-order chi connectivity index (χ0) is 18.1. The SMILES string of the molecule is CC(=O)N1N=C(c2ccc(Cl)cc2)CC1c1ccc(O)c(C(=O)O)c1. The molecule has 0 saturated carbocycles. The number of aromatic carboxylic acids is 1. The first-order valence-corrected chi connectivity index (χ1v) is 7.94. The number of aromatic hydroxyl groups is 1. The molecule has 1 unspecified atom stereocenters. The van der Waals surface area contributed by atoms with Gasteiger partial charge in [0.15, 0.2) is 0 Å². The predicted octanol–water partition coefficient (Wildman–Crippen LogP) is 3.44. The van der Waals surface area contributed by atoms with E-state index in [0.717, 1.165) is 5.56 Å². The van der Waals surface area contributed by atoms with Gasteiger partial charge in [-0.15, -0.1) is 0 Å². The maximum atomic E-state index is 12.0. The number of hydrazone groups is 1. The minimum Gasteiger partial charge on any atom is -0.507 e. The normalized spacial score (nSPS) is 16.6. The molecule has 2 aromatic carbocycles. The molecule has 1 heterocycles. The standard InChI is InChI=1S/C18H15ClN2O4/c1-10(22)21-16(12-4-7-17(23)14(8-12)18(24)25)9-15(20-21)11-2-5-13(19)6-3-11/h2-8,16,23H,9H2,1H3,(H,24,25). The van der Waals surface area contributed by atoms with Gasteiger partial charge in [0.05, 0.1) is 11.8 Å². The van der Waals surface area contributed by atoms with E-state index in [4.69, 9.17) is 11.6 Å². The molecule has 0 aromatic heterocycles. The second kappa shape index (κ2) is 6.57. The molecule has 128 valence electrons. The molecule has 25 heavy (non-hydrogen) atoms. The Kier molecular flexibility index (Phi) is 4.46. The fraction of sp³-hybridized carbons (Fsp3) is 0.167. The summed E-state index contributed by atoms with van der Waals surface area (Å²) in [5.41, 5.74) is 1.94. The van der Waals surface area contributed by atoms with Gasteiger partial charge in [0.25, 0.3) is 0 Å². The minimum absolute atomic E-state index is 0.207. The highest BCUT2D eigenvalue weighted by Gasteiger charge is 2.32. The van der Waals surface area contributed by atoms with E-state index in [9.17, 15) is 19.8 Å². The maximum absolute atomic E-state index is 12.0. The Morgan fingerprint density at radius 1 is 1.20 bits per heavy atom. The first kappa shape index (κ1) is 17.0. The van der Waals surface area contributed by atoms with Gasteiger partial charge in [-0.3, -0.25) is 4.79 Å². The summed E-state index contributed by atoms with van der Waals surface area (Å²) >= 11 is 5.90. The molecule has 1 atom stereocenters. The monoisotopic (exact) mass is 358 g/mol. The Morgan fingerprint density at radius 3 is 2.48 bits per heavy atom. The van der Waals surface area contributed by atoms with Crippen molar-refractivity contribution in [3.8, 4) is 5.75 Å². The Labute approximate surface area is 149 Å². The Balaban J connectivity index is 1.97. The zero-order valence-electron chi connectivity index (χ0n) is 13.3. The van der Waals surface area contributed by atoms with Crippen LogP contribution in [0.3, 0.4) is 0 Å². The fourth-order valence-corrected chi connectivity index (χ4v) is 2.94. The second-order valence-electron chi connectivity index (χ2n) is 5.72. The lowest BCUT2D eigenvalue weighted by molar-refractivity contribution is -0.130. The van der Waals surface area contributed by atoms with Crippen molar-refractivity contribution in [2.75, 3.05) is 0 Å². The van der Waals surface area contributed by atoms with Crippen LogP contribution >= 0.6 is 11.6 Å². The number of halogens is 1. The Bertz CT molecular complexity index is 877. The van der Waals surface area contributed by atoms with Gasteiger partial charge in [0.2, 0.25) is 5.91 Å². The number of rotatable bonds is 3. The molecule has 6 nitrogen and oxygen atoms in total. The summed E-state index contributed by atoms with van der Waals surface area (Å²) in [7, 11) is 0. The summed E-state index contributed by atoms with van der Waals surface area (Å²) in [4.78, 5) is 23.2. The lowest BCUT2D eigenvalue weighted by Crippen LogP contribution is -2.24. The van der Waals surface area contributed by atoms with Crippen LogP contribution in [0.25, 0.3) is 0 Å². The summed E-state index contributed by atoms with van der Waals surface area (Å²) in [5.74, 6) is -1.80. The summed E-state index contributed by atoms with van der Waals surface area (Å²) in [6.45, 7) is 1.40. The van der Waals surface area contributed by atoms with Gasteiger partial charge in [-0.25, -0.2) is 9.80 Å². The van der Waals surface area contributed by atoms with Crippen LogP contribution in [0.4, 0.5) is 0 Å². The zero-order valence-corrected chi connectivity index (χ0v) is 14.1. The van der Waals surface area contributed by atoms with Crippen LogP contribution in [0.2, 0.25) is 5.02 Å². The van der Waals surface area contributed by atoms with Crippen LogP contribution in [0.5, 0.6) is 5.75 Å². The summed E-state index contributed by atoms with van der Waals surface area (Å²) in [6.07, 6.45) is 0.436. The molecule has 0 aliphatic carbocycles. The molecule has 1 amide bonds. The van der Waals surface area contributed by atoms with E-state index >= 15 is 0 Å². The van der Waals surface area contributed by atoms with Crippen LogP contribution in [0.1, 0.15) is 40.9 Å². The van der Waals surface area contributed by atoms with Gasteiger partial charge in [-0.1, -0.05) is 29.8 Å². The smallest absolute Gasteiger partial charge is 0.339 e. The van der Waals surface area contributed by atoms with Crippen molar-refractivity contribution in [2.24, 2.45) is 5.10 Å². The van der Waals surface area contributed by atoms with E-state index < -0.39 is 12.0 Å². The molecular weight excluding hydrogens is 344 g/mol. The lowest BCUT2D eigenvalue weighted by atomic mass is 9.96. The first-order valence-electron chi connectivity index (χ1n) is 7.56. The molecule has 3 rings (SSSR count). The number of hydrogen-bond donors (Lipinski definition) is 2. The number of phenols is 1. The molecule has 0 fully saturated rings. The van der Waals surface area contributed by atoms with Gasteiger partial charge < -0.3 is 10.2 Å². The van der Waals surface area contributed by atoms with E-state index in [2.05, 4.69) is 5.10 Å². The number of carbonyl (C=O) groups excluding carboxylic acids is 1. The van der Waals surface area contributed by atoms with Crippen molar-refractivity contribution < 1.29 is 19.8 Å². The lowest BCUT2D eigenvalue weighted by Gasteiger charge is -2.21. The third kappa shape index (κ3) is 3.34. The van der Waals surface area contributed by atoms with Crippen LogP contribution in [-0.4, -0.2) is 32.8 Å². The van der Waals surface area contributed by atoms with Crippen LogP contribution in [-0.2, 0) is 4.79 Å². The highest BCUT2D eigenvalue weighted by Crippen LogP contribution is 2.34. The largest absolute Gasteiger partial charge is 0.507 e. The number of hydrogen-bond acceptors (Lipinski definition) is 4. The molecular formula is C18H15ClN2O4. The van der Waals surface area contributed by atoms with Crippen molar-refractivity contribution in [1.82, 2.24) is 5.01 Å². The van der Waals surface area contributed by atoms with Crippen molar-refractivity contribution in [3.63, 3.8) is 0 Å². The highest BCUT2D eigenvalue weighted by molar-refractivity contribution is 6.30. The molecule has 0 bridgehead atoms. The van der Waals surface area contributed by atoms with Gasteiger partial charge in [0, 0.05) is 18.4 Å². The number of carboxylic acid groups (broad SMARTS) is 1. The van der Waals surface area contributed by atoms with Crippen molar-refractivity contribution in [1.29, 1.82) is 0 Å². The summed E-state index contributed by atoms with van der Waals surface area (Å²) in [6, 6.07) is 11.0. The number of nitrogens with zero attached hydrogens (tertiary/aromatic N) is 2. The molecule has 1 aliphatic rings. The van der Waals surface area contributed by atoms with Gasteiger partial charge >= 0.3 is 5.97 Å². The molecule has 2 N–H and O–H groups in total. The quantitative estimate of drug-likeness (QED) is 0.879. The first-order chi connectivity index (χ1) is 11.9. The summed E-state index contributed by atoms with van der Waals surface area (Å²) < 4.78 is 0. The van der Waals surface area contributed by atoms with Crippen LogP contribution in [0.15, 0.2) is 47.6 Å². The summed E-state index contributed by atoms with van der Waals surface area (Å²) in [5, 5.41) is 25.2. The van der Waals surface area contributed by atoms with Crippen molar-refractivity contribution in [3.05, 3.63) is 64.2 Å². The Morgan fingerprint density at radius 2 is 1.88 bits per heavy atom. The van der Waals surface area contributed by atoms with E-state index in [1.54, 1.807) is 18.2 Å². The maximum Gasteiger partial charge on any atom is 0.339 e. The molecule has 0 radical (unpaired) electrons. The highest BCUT2D eigenvalue weighted by atomic mass is 35.5. The third-order valence-electron chi connectivity index (χ3n) is 4.05. The van der Waals surface area contributed by atoms with E-state index in [1.807, 2.05) is 12.1 Å². The Hall–Kier alpha value is -2.86. The van der Waals surface area contributed by atoms with Gasteiger partial charge in [-0.2, -0.15) is 5.10 Å².